The maximum atomic E-state index is 15.3. The molecule has 0 spiro atoms. The van der Waals surface area contributed by atoms with Gasteiger partial charge in [-0.3, -0.25) is 19.5 Å². The third-order valence-corrected chi connectivity index (χ3v) is 7.50. The van der Waals surface area contributed by atoms with Crippen LogP contribution in [0.2, 0.25) is 0 Å². The topological polar surface area (TPSA) is 119 Å². The van der Waals surface area contributed by atoms with E-state index >= 15 is 4.39 Å². The highest BCUT2D eigenvalue weighted by Crippen LogP contribution is 2.38. The number of carbonyl (C=O) groups is 1. The molecule has 0 unspecified atom stereocenters. The molecule has 37 heavy (non-hydrogen) atoms. The van der Waals surface area contributed by atoms with Gasteiger partial charge in [0.2, 0.25) is 5.43 Å². The molecule has 1 aliphatic heterocycles. The summed E-state index contributed by atoms with van der Waals surface area (Å²) in [5.41, 5.74) is 1.95. The number of halogens is 2. The quantitative estimate of drug-likeness (QED) is 0.399. The summed E-state index contributed by atoms with van der Waals surface area (Å²) in [6, 6.07) is 3.02. The number of rotatable bonds is 7. The van der Waals surface area contributed by atoms with Gasteiger partial charge in [-0.2, -0.15) is 0 Å². The number of hydrogen-bond donors (Lipinski definition) is 3. The molecule has 9 nitrogen and oxygen atoms in total. The van der Waals surface area contributed by atoms with E-state index in [1.807, 2.05) is 9.47 Å². The number of piperazine rings is 1. The molecule has 2 aliphatic rings. The predicted molar refractivity (Wildman–Crippen MR) is 137 cm³/mol. The highest BCUT2D eigenvalue weighted by molar-refractivity contribution is 6.67. The SMILES string of the molecule is Cc1nc(CO)c(CN2CCN(c3cc4c(cc3F)c(=O)c(C(=O)Cl)cn4C3CC3)CC2)c(CO)c1O. The summed E-state index contributed by atoms with van der Waals surface area (Å²) in [7, 11) is 0. The number of aliphatic hydroxyl groups excluding tert-OH is 2. The van der Waals surface area contributed by atoms with Gasteiger partial charge < -0.3 is 24.8 Å². The van der Waals surface area contributed by atoms with Gasteiger partial charge in [-0.1, -0.05) is 0 Å². The fourth-order valence-electron chi connectivity index (χ4n) is 5.11. The van der Waals surface area contributed by atoms with Crippen molar-refractivity contribution in [2.75, 3.05) is 31.1 Å². The molecule has 3 N–H and O–H groups in total. The van der Waals surface area contributed by atoms with Crippen molar-refractivity contribution in [3.63, 3.8) is 0 Å². The molecule has 1 aliphatic carbocycles. The zero-order chi connectivity index (χ0) is 26.4. The molecular formula is C26H28ClFN4O5. The first-order valence-electron chi connectivity index (χ1n) is 12.2. The van der Waals surface area contributed by atoms with Crippen LogP contribution in [0.1, 0.15) is 51.8 Å². The molecule has 3 aromatic rings. The van der Waals surface area contributed by atoms with Gasteiger partial charge in [0, 0.05) is 55.9 Å². The Balaban J connectivity index is 1.41. The van der Waals surface area contributed by atoms with E-state index in [9.17, 15) is 24.9 Å². The van der Waals surface area contributed by atoms with Gasteiger partial charge in [-0.25, -0.2) is 4.39 Å². The Morgan fingerprint density at radius 1 is 1.14 bits per heavy atom. The van der Waals surface area contributed by atoms with Crippen LogP contribution in [0.5, 0.6) is 5.75 Å². The van der Waals surface area contributed by atoms with Crippen LogP contribution in [0, 0.1) is 12.7 Å². The largest absolute Gasteiger partial charge is 0.506 e. The summed E-state index contributed by atoms with van der Waals surface area (Å²) in [5, 5.41) is 29.2. The molecule has 0 radical (unpaired) electrons. The van der Waals surface area contributed by atoms with Crippen molar-refractivity contribution in [2.24, 2.45) is 0 Å². The van der Waals surface area contributed by atoms with Crippen LogP contribution in [0.3, 0.4) is 0 Å². The standard InChI is InChI=1S/C26H28ClFN4O5/c1-14-24(35)19(12-33)17(21(13-34)29-14)10-30-4-6-31(7-5-30)23-9-22-16(8-20(23)28)25(36)18(26(27)37)11-32(22)15-2-3-15/h8-9,11,15,33-35H,2-7,10,12-13H2,1H3. The molecule has 0 bridgehead atoms. The smallest absolute Gasteiger partial charge is 0.257 e. The van der Waals surface area contributed by atoms with Crippen LogP contribution >= 0.6 is 11.6 Å². The van der Waals surface area contributed by atoms with Gasteiger partial charge in [0.1, 0.15) is 11.6 Å². The molecule has 2 fully saturated rings. The Kier molecular flexibility index (Phi) is 6.93. The number of hydrogen-bond acceptors (Lipinski definition) is 8. The summed E-state index contributed by atoms with van der Waals surface area (Å²) >= 11 is 5.62. The number of aryl methyl sites for hydroxylation is 1. The molecule has 1 aromatic carbocycles. The maximum Gasteiger partial charge on any atom is 0.257 e. The number of benzene rings is 1. The highest BCUT2D eigenvalue weighted by Gasteiger charge is 2.29. The summed E-state index contributed by atoms with van der Waals surface area (Å²) in [6.07, 6.45) is 3.31. The van der Waals surface area contributed by atoms with E-state index in [-0.39, 0.29) is 36.0 Å². The summed E-state index contributed by atoms with van der Waals surface area (Å²) in [6.45, 7) is 3.44. The van der Waals surface area contributed by atoms with Gasteiger partial charge in [-0.15, -0.1) is 0 Å². The van der Waals surface area contributed by atoms with E-state index in [2.05, 4.69) is 9.88 Å². The van der Waals surface area contributed by atoms with Gasteiger partial charge in [-0.05, 0) is 49.1 Å². The lowest BCUT2D eigenvalue weighted by molar-refractivity contribution is 0.108. The van der Waals surface area contributed by atoms with Crippen molar-refractivity contribution in [2.45, 2.75) is 45.6 Å². The highest BCUT2D eigenvalue weighted by atomic mass is 35.5. The second-order valence-electron chi connectivity index (χ2n) is 9.63. The molecule has 0 amide bonds. The molecule has 1 saturated heterocycles. The van der Waals surface area contributed by atoms with Gasteiger partial charge in [0.05, 0.1) is 41.4 Å². The minimum Gasteiger partial charge on any atom is -0.506 e. The molecule has 1 saturated carbocycles. The van der Waals surface area contributed by atoms with E-state index < -0.39 is 16.5 Å². The Morgan fingerprint density at radius 2 is 1.84 bits per heavy atom. The fourth-order valence-corrected chi connectivity index (χ4v) is 5.25. The lowest BCUT2D eigenvalue weighted by Crippen LogP contribution is -2.46. The first kappa shape index (κ1) is 25.6. The number of aliphatic hydroxyl groups is 2. The van der Waals surface area contributed by atoms with Gasteiger partial charge >= 0.3 is 0 Å². The van der Waals surface area contributed by atoms with E-state index in [1.165, 1.54) is 12.3 Å². The summed E-state index contributed by atoms with van der Waals surface area (Å²) in [5.74, 6) is -0.621. The van der Waals surface area contributed by atoms with E-state index in [1.54, 1.807) is 13.0 Å². The monoisotopic (exact) mass is 530 g/mol. The molecular weight excluding hydrogens is 503 g/mol. The molecule has 3 heterocycles. The average Bonchev–Trinajstić information content (AvgIpc) is 3.72. The summed E-state index contributed by atoms with van der Waals surface area (Å²) in [4.78, 5) is 32.9. The van der Waals surface area contributed by atoms with E-state index in [0.717, 1.165) is 12.8 Å². The Labute approximate surface area is 217 Å². The Morgan fingerprint density at radius 3 is 2.43 bits per heavy atom. The minimum absolute atomic E-state index is 0.0766. The lowest BCUT2D eigenvalue weighted by Gasteiger charge is -2.37. The van der Waals surface area contributed by atoms with Crippen LogP contribution in [0.4, 0.5) is 10.1 Å². The molecule has 2 aromatic heterocycles. The Hall–Kier alpha value is -3.05. The average molecular weight is 531 g/mol. The van der Waals surface area contributed by atoms with Crippen LogP contribution in [-0.4, -0.2) is 61.2 Å². The Bertz CT molecular complexity index is 1450. The normalized spacial score (nSPS) is 16.5. The number of pyridine rings is 2. The number of anilines is 1. The van der Waals surface area contributed by atoms with Crippen LogP contribution < -0.4 is 10.3 Å². The zero-order valence-electron chi connectivity index (χ0n) is 20.4. The second-order valence-corrected chi connectivity index (χ2v) is 9.98. The number of fused-ring (bicyclic) bond motifs is 1. The molecule has 0 atom stereocenters. The number of nitrogens with zero attached hydrogens (tertiary/aromatic N) is 4. The van der Waals surface area contributed by atoms with Crippen molar-refractivity contribution >= 4 is 33.4 Å². The number of aromatic nitrogens is 2. The number of aromatic hydroxyl groups is 1. The first-order chi connectivity index (χ1) is 17.7. The summed E-state index contributed by atoms with van der Waals surface area (Å²) < 4.78 is 17.1. The van der Waals surface area contributed by atoms with Crippen molar-refractivity contribution in [3.8, 4) is 5.75 Å². The second kappa shape index (κ2) is 10.0. The number of carbonyl (C=O) groups excluding carboxylic acids is 1. The van der Waals surface area contributed by atoms with Gasteiger partial charge in [0.15, 0.2) is 0 Å². The van der Waals surface area contributed by atoms with E-state index in [0.29, 0.717) is 66.4 Å². The van der Waals surface area contributed by atoms with Crippen LogP contribution in [0.25, 0.3) is 10.9 Å². The van der Waals surface area contributed by atoms with Crippen molar-refractivity contribution in [1.82, 2.24) is 14.5 Å². The van der Waals surface area contributed by atoms with Crippen LogP contribution in [-0.2, 0) is 19.8 Å². The fraction of sp³-hybridized carbons (Fsp3) is 0.423. The van der Waals surface area contributed by atoms with Gasteiger partial charge in [0.25, 0.3) is 5.24 Å². The first-order valence-corrected chi connectivity index (χ1v) is 12.6. The minimum atomic E-state index is -0.854. The third kappa shape index (κ3) is 4.70. The third-order valence-electron chi connectivity index (χ3n) is 7.30. The lowest BCUT2D eigenvalue weighted by atomic mass is 10.0. The van der Waals surface area contributed by atoms with Crippen molar-refractivity contribution in [1.29, 1.82) is 0 Å². The van der Waals surface area contributed by atoms with Crippen LogP contribution in [0.15, 0.2) is 23.1 Å². The van der Waals surface area contributed by atoms with Crippen molar-refractivity contribution < 1.29 is 24.5 Å². The molecule has 5 rings (SSSR count). The molecule has 11 heteroatoms. The zero-order valence-corrected chi connectivity index (χ0v) is 21.1. The van der Waals surface area contributed by atoms with Crippen molar-refractivity contribution in [3.05, 3.63) is 62.4 Å². The van der Waals surface area contributed by atoms with E-state index in [4.69, 9.17) is 11.6 Å². The predicted octanol–water partition coefficient (Wildman–Crippen LogP) is 2.57. The molecule has 196 valence electrons. The maximum absolute atomic E-state index is 15.3.